The molecule has 0 unspecified atom stereocenters. The van der Waals surface area contributed by atoms with Gasteiger partial charge in [-0.05, 0) is 43.7 Å². The predicted molar refractivity (Wildman–Crippen MR) is 147 cm³/mol. The molecule has 2 aliphatic heterocycles. The van der Waals surface area contributed by atoms with Gasteiger partial charge in [0.25, 0.3) is 5.91 Å². The first-order chi connectivity index (χ1) is 18.2. The monoisotopic (exact) mass is 499 g/mol. The lowest BCUT2D eigenvalue weighted by Gasteiger charge is -2.34. The molecule has 37 heavy (non-hydrogen) atoms. The van der Waals surface area contributed by atoms with Gasteiger partial charge in [-0.1, -0.05) is 54.1 Å². The number of morpholine rings is 1. The first-order valence-electron chi connectivity index (χ1n) is 13.5. The van der Waals surface area contributed by atoms with Crippen LogP contribution >= 0.6 is 0 Å². The molecule has 2 aliphatic rings. The highest BCUT2D eigenvalue weighted by Crippen LogP contribution is 2.28. The molecular weight excluding hydrogens is 462 g/mol. The molecular formula is C30H37N5O2. The Kier molecular flexibility index (Phi) is 8.43. The molecule has 1 aromatic heterocycles. The van der Waals surface area contributed by atoms with E-state index in [1.165, 1.54) is 5.56 Å². The van der Waals surface area contributed by atoms with E-state index in [-0.39, 0.29) is 5.91 Å². The maximum Gasteiger partial charge on any atom is 0.256 e. The van der Waals surface area contributed by atoms with Gasteiger partial charge in [-0.3, -0.25) is 9.69 Å². The molecule has 2 aromatic carbocycles. The Labute approximate surface area is 219 Å². The Morgan fingerprint density at radius 1 is 1.03 bits per heavy atom. The number of carbonyl (C=O) groups is 1. The van der Waals surface area contributed by atoms with E-state index in [1.54, 1.807) is 6.20 Å². The summed E-state index contributed by atoms with van der Waals surface area (Å²) < 4.78 is 5.42. The van der Waals surface area contributed by atoms with Crippen molar-refractivity contribution in [3.8, 4) is 11.4 Å². The van der Waals surface area contributed by atoms with Crippen LogP contribution in [0, 0.1) is 12.8 Å². The highest BCUT2D eigenvalue weighted by Gasteiger charge is 2.25. The highest BCUT2D eigenvalue weighted by atomic mass is 16.5. The average Bonchev–Trinajstić information content (AvgIpc) is 2.94. The second kappa shape index (κ2) is 12.3. The fourth-order valence-electron chi connectivity index (χ4n) is 5.24. The molecule has 0 aliphatic carbocycles. The zero-order valence-electron chi connectivity index (χ0n) is 21.7. The van der Waals surface area contributed by atoms with Crippen molar-refractivity contribution in [2.24, 2.45) is 5.92 Å². The van der Waals surface area contributed by atoms with Crippen molar-refractivity contribution in [3.63, 3.8) is 0 Å². The van der Waals surface area contributed by atoms with E-state index in [4.69, 9.17) is 9.72 Å². The van der Waals surface area contributed by atoms with Crippen LogP contribution in [0.5, 0.6) is 0 Å². The quantitative estimate of drug-likeness (QED) is 0.506. The molecule has 0 atom stereocenters. The molecule has 7 heteroatoms. The minimum absolute atomic E-state index is 0.106. The fourth-order valence-corrected chi connectivity index (χ4v) is 5.24. The minimum Gasteiger partial charge on any atom is -0.379 e. The maximum atomic E-state index is 13.3. The number of amides is 1. The summed E-state index contributed by atoms with van der Waals surface area (Å²) in [7, 11) is 0. The molecule has 2 fully saturated rings. The number of hydrogen-bond donors (Lipinski definition) is 1. The lowest BCUT2D eigenvalue weighted by Crippen LogP contribution is -2.42. The Hall–Kier alpha value is -3.29. The summed E-state index contributed by atoms with van der Waals surface area (Å²) >= 11 is 0. The second-order valence-electron chi connectivity index (χ2n) is 10.1. The van der Waals surface area contributed by atoms with E-state index >= 15 is 0 Å². The van der Waals surface area contributed by atoms with E-state index in [0.717, 1.165) is 82.1 Å². The zero-order chi connectivity index (χ0) is 25.5. The third-order valence-electron chi connectivity index (χ3n) is 7.39. The van der Waals surface area contributed by atoms with Crippen LogP contribution in [-0.4, -0.2) is 73.3 Å². The van der Waals surface area contributed by atoms with Crippen LogP contribution in [0.15, 0.2) is 60.8 Å². The number of nitrogens with zero attached hydrogens (tertiary/aromatic N) is 4. The second-order valence-corrected chi connectivity index (χ2v) is 10.1. The van der Waals surface area contributed by atoms with Gasteiger partial charge in [0.15, 0.2) is 5.82 Å². The molecule has 7 nitrogen and oxygen atoms in total. The van der Waals surface area contributed by atoms with Crippen LogP contribution in [0.3, 0.4) is 0 Å². The average molecular weight is 500 g/mol. The number of rotatable bonds is 8. The Balaban J connectivity index is 1.31. The molecule has 0 bridgehead atoms. The smallest absolute Gasteiger partial charge is 0.256 e. The van der Waals surface area contributed by atoms with Crippen molar-refractivity contribution < 1.29 is 9.53 Å². The molecule has 0 saturated carbocycles. The van der Waals surface area contributed by atoms with Gasteiger partial charge < -0.3 is 15.0 Å². The van der Waals surface area contributed by atoms with Crippen LogP contribution in [0.2, 0.25) is 0 Å². The largest absolute Gasteiger partial charge is 0.379 e. The Bertz CT molecular complexity index is 1170. The molecule has 2 saturated heterocycles. The third kappa shape index (κ3) is 6.73. The number of benzene rings is 2. The van der Waals surface area contributed by atoms with Crippen molar-refractivity contribution in [3.05, 3.63) is 77.5 Å². The first kappa shape index (κ1) is 25.4. The molecule has 3 aromatic rings. The summed E-state index contributed by atoms with van der Waals surface area (Å²) in [4.78, 5) is 27.5. The van der Waals surface area contributed by atoms with Gasteiger partial charge in [-0.2, -0.15) is 0 Å². The van der Waals surface area contributed by atoms with E-state index in [2.05, 4.69) is 69.5 Å². The molecule has 3 heterocycles. The van der Waals surface area contributed by atoms with Crippen LogP contribution in [0.4, 0.5) is 5.82 Å². The molecule has 194 valence electrons. The van der Waals surface area contributed by atoms with Gasteiger partial charge >= 0.3 is 0 Å². The lowest BCUT2D eigenvalue weighted by atomic mass is 9.90. The fraction of sp³-hybridized carbons (Fsp3) is 0.433. The summed E-state index contributed by atoms with van der Waals surface area (Å²) in [5.74, 6) is 1.94. The van der Waals surface area contributed by atoms with E-state index in [9.17, 15) is 4.79 Å². The number of piperidine rings is 1. The topological polar surface area (TPSA) is 70.6 Å². The summed E-state index contributed by atoms with van der Waals surface area (Å²) in [6.45, 7) is 8.58. The van der Waals surface area contributed by atoms with E-state index in [1.807, 2.05) is 12.1 Å². The van der Waals surface area contributed by atoms with Gasteiger partial charge in [0, 0.05) is 51.0 Å². The van der Waals surface area contributed by atoms with Crippen molar-refractivity contribution in [2.75, 3.05) is 57.4 Å². The van der Waals surface area contributed by atoms with E-state index in [0.29, 0.717) is 23.9 Å². The molecule has 1 N–H and O–H groups in total. The maximum absolute atomic E-state index is 13.3. The summed E-state index contributed by atoms with van der Waals surface area (Å²) in [5, 5.41) is 3.11. The summed E-state index contributed by atoms with van der Waals surface area (Å²) in [5.41, 5.74) is 4.08. The number of ether oxygens (including phenoxy) is 1. The van der Waals surface area contributed by atoms with E-state index < -0.39 is 0 Å². The first-order valence-corrected chi connectivity index (χ1v) is 13.5. The van der Waals surface area contributed by atoms with Crippen LogP contribution in [0.25, 0.3) is 11.4 Å². The number of aryl methyl sites for hydroxylation is 1. The molecule has 0 radical (unpaired) electrons. The van der Waals surface area contributed by atoms with Crippen molar-refractivity contribution in [2.45, 2.75) is 26.2 Å². The minimum atomic E-state index is -0.106. The normalized spacial score (nSPS) is 17.1. The number of aromatic nitrogens is 2. The summed E-state index contributed by atoms with van der Waals surface area (Å²) in [6.07, 6.45) is 4.97. The number of hydrogen-bond acceptors (Lipinski definition) is 6. The predicted octanol–water partition coefficient (Wildman–Crippen LogP) is 3.97. The van der Waals surface area contributed by atoms with Gasteiger partial charge in [0.05, 0.1) is 13.2 Å². The molecule has 0 spiro atoms. The zero-order valence-corrected chi connectivity index (χ0v) is 21.7. The van der Waals surface area contributed by atoms with Crippen molar-refractivity contribution >= 4 is 11.7 Å². The lowest BCUT2D eigenvalue weighted by molar-refractivity contribution is 0.0383. The van der Waals surface area contributed by atoms with Gasteiger partial charge in [0.2, 0.25) is 0 Å². The highest BCUT2D eigenvalue weighted by molar-refractivity contribution is 5.99. The van der Waals surface area contributed by atoms with Gasteiger partial charge in [-0.25, -0.2) is 9.97 Å². The summed E-state index contributed by atoms with van der Waals surface area (Å²) in [6, 6.07) is 18.9. The molecule has 5 rings (SSSR count). The Morgan fingerprint density at radius 3 is 2.57 bits per heavy atom. The number of carbonyl (C=O) groups excluding carboxylic acids is 1. The van der Waals surface area contributed by atoms with Gasteiger partial charge in [-0.15, -0.1) is 0 Å². The van der Waals surface area contributed by atoms with Crippen LogP contribution in [0.1, 0.15) is 34.3 Å². The van der Waals surface area contributed by atoms with Crippen molar-refractivity contribution in [1.82, 2.24) is 20.2 Å². The number of anilines is 1. The SMILES string of the molecule is Cc1cccc(-c2ncc(C(=O)NCCN3CCOCC3)c(N3CCC(Cc4ccccc4)CC3)n2)c1. The Morgan fingerprint density at radius 2 is 1.81 bits per heavy atom. The standard InChI is InChI=1S/C30H37N5O2/c1-23-6-5-9-26(20-23)28-32-22-27(30(36)31-12-15-34-16-18-37-19-17-34)29(33-28)35-13-10-25(11-14-35)21-24-7-3-2-4-8-24/h2-9,20,22,25H,10-19,21H2,1H3,(H,31,36). The van der Waals surface area contributed by atoms with Gasteiger partial charge in [0.1, 0.15) is 11.4 Å². The van der Waals surface area contributed by atoms with Crippen molar-refractivity contribution in [1.29, 1.82) is 0 Å². The molecule has 1 amide bonds. The third-order valence-corrected chi connectivity index (χ3v) is 7.39. The van der Waals surface area contributed by atoms with Crippen LogP contribution in [-0.2, 0) is 11.2 Å². The number of nitrogens with one attached hydrogen (secondary N) is 1. The van der Waals surface area contributed by atoms with Crippen LogP contribution < -0.4 is 10.2 Å².